The van der Waals surface area contributed by atoms with Crippen molar-refractivity contribution in [1.29, 1.82) is 0 Å². The second kappa shape index (κ2) is 12.8. The first-order chi connectivity index (χ1) is 20.3. The number of carbonyl (C=O) groups excluding carboxylic acids is 2. The minimum Gasteiger partial charge on any atom is -0.480 e. The molecular weight excluding hydrogens is 534 g/mol. The number of hydrogen-bond acceptors (Lipinski definition) is 6. The summed E-state index contributed by atoms with van der Waals surface area (Å²) >= 11 is 0. The van der Waals surface area contributed by atoms with E-state index in [0.29, 0.717) is 32.5 Å². The van der Waals surface area contributed by atoms with Gasteiger partial charge in [0.05, 0.1) is 6.10 Å². The zero-order chi connectivity index (χ0) is 29.7. The molecule has 2 atom stereocenters. The molecule has 0 saturated carbocycles. The van der Waals surface area contributed by atoms with Crippen molar-refractivity contribution in [1.82, 2.24) is 15.5 Å². The zero-order valence-electron chi connectivity index (χ0n) is 23.9. The molecule has 0 spiro atoms. The van der Waals surface area contributed by atoms with Gasteiger partial charge < -0.3 is 25.2 Å². The molecule has 0 aromatic heterocycles. The number of rotatable bonds is 10. The third kappa shape index (κ3) is 6.17. The fourth-order valence-corrected chi connectivity index (χ4v) is 5.97. The Bertz CT molecular complexity index is 1370. The van der Waals surface area contributed by atoms with Crippen molar-refractivity contribution < 1.29 is 29.0 Å². The topological polar surface area (TPSA) is 117 Å². The number of fused-ring (bicyclic) bond motifs is 3. The number of aliphatic carboxylic acids is 1. The lowest BCUT2D eigenvalue weighted by molar-refractivity contribution is -0.147. The third-order valence-corrected chi connectivity index (χ3v) is 8.47. The number of piperidine rings is 1. The Morgan fingerprint density at radius 2 is 1.50 bits per heavy atom. The number of carbonyl (C=O) groups is 3. The van der Waals surface area contributed by atoms with Crippen LogP contribution in [0.25, 0.3) is 11.1 Å². The second-order valence-electron chi connectivity index (χ2n) is 11.0. The maximum absolute atomic E-state index is 13.7. The summed E-state index contributed by atoms with van der Waals surface area (Å²) in [6.07, 6.45) is -0.890. The lowest BCUT2D eigenvalue weighted by Gasteiger charge is -2.41. The van der Waals surface area contributed by atoms with Crippen LogP contribution in [0.4, 0.5) is 4.79 Å². The van der Waals surface area contributed by atoms with Crippen LogP contribution in [0.5, 0.6) is 0 Å². The Morgan fingerprint density at radius 3 is 2.07 bits per heavy atom. The van der Waals surface area contributed by atoms with Crippen LogP contribution in [0.1, 0.15) is 42.4 Å². The van der Waals surface area contributed by atoms with Crippen molar-refractivity contribution >= 4 is 18.0 Å². The van der Waals surface area contributed by atoms with E-state index < -0.39 is 35.7 Å². The lowest BCUT2D eigenvalue weighted by Crippen LogP contribution is -2.65. The predicted octanol–water partition coefficient (Wildman–Crippen LogP) is 4.16. The van der Waals surface area contributed by atoms with Crippen molar-refractivity contribution in [2.45, 2.75) is 49.9 Å². The molecule has 220 valence electrons. The van der Waals surface area contributed by atoms with E-state index in [0.717, 1.165) is 27.8 Å². The summed E-state index contributed by atoms with van der Waals surface area (Å²) in [6.45, 7) is 3.46. The SMILES string of the molecule is COC(C)C(NC(=O)C1(NC(=O)OCC2c3ccccc3-c3ccccc32)CCN(Cc2ccccc2)CC1)C(=O)O. The van der Waals surface area contributed by atoms with Crippen LogP contribution in [0.2, 0.25) is 0 Å². The maximum atomic E-state index is 13.7. The molecule has 3 aromatic rings. The van der Waals surface area contributed by atoms with Gasteiger partial charge in [-0.05, 0) is 47.6 Å². The molecule has 9 nitrogen and oxygen atoms in total. The van der Waals surface area contributed by atoms with Gasteiger partial charge in [-0.3, -0.25) is 9.69 Å². The van der Waals surface area contributed by atoms with Gasteiger partial charge in [-0.15, -0.1) is 0 Å². The second-order valence-corrected chi connectivity index (χ2v) is 11.0. The number of nitrogens with one attached hydrogen (secondary N) is 2. The van der Waals surface area contributed by atoms with Crippen LogP contribution >= 0.6 is 0 Å². The minimum absolute atomic E-state index is 0.107. The predicted molar refractivity (Wildman–Crippen MR) is 158 cm³/mol. The molecule has 3 N–H and O–H groups in total. The summed E-state index contributed by atoms with van der Waals surface area (Å²) in [7, 11) is 1.39. The summed E-state index contributed by atoms with van der Waals surface area (Å²) in [5.74, 6) is -1.90. The van der Waals surface area contributed by atoms with E-state index in [9.17, 15) is 19.5 Å². The molecule has 1 aliphatic carbocycles. The van der Waals surface area contributed by atoms with Crippen LogP contribution in [-0.2, 0) is 25.6 Å². The Kier molecular flexibility index (Phi) is 8.89. The molecular formula is C33H37N3O6. The number of benzene rings is 3. The molecule has 1 heterocycles. The Labute approximate surface area is 245 Å². The molecule has 1 saturated heterocycles. The fourth-order valence-electron chi connectivity index (χ4n) is 5.97. The third-order valence-electron chi connectivity index (χ3n) is 8.47. The normalized spacial score (nSPS) is 17.4. The van der Waals surface area contributed by atoms with E-state index in [1.165, 1.54) is 7.11 Å². The Balaban J connectivity index is 1.31. The zero-order valence-corrected chi connectivity index (χ0v) is 23.9. The van der Waals surface area contributed by atoms with Crippen molar-refractivity contribution in [3.8, 4) is 11.1 Å². The highest BCUT2D eigenvalue weighted by molar-refractivity contribution is 5.93. The summed E-state index contributed by atoms with van der Waals surface area (Å²) in [5, 5.41) is 15.2. The van der Waals surface area contributed by atoms with Gasteiger partial charge in [0.15, 0.2) is 6.04 Å². The van der Waals surface area contributed by atoms with Crippen LogP contribution in [-0.4, -0.2) is 72.5 Å². The number of ether oxygens (including phenoxy) is 2. The monoisotopic (exact) mass is 571 g/mol. The van der Waals surface area contributed by atoms with E-state index in [1.54, 1.807) is 6.92 Å². The van der Waals surface area contributed by atoms with E-state index in [-0.39, 0.29) is 12.5 Å². The van der Waals surface area contributed by atoms with E-state index in [1.807, 2.05) is 66.7 Å². The van der Waals surface area contributed by atoms with Gasteiger partial charge in [-0.25, -0.2) is 9.59 Å². The van der Waals surface area contributed by atoms with Gasteiger partial charge >= 0.3 is 12.1 Å². The number of hydrogen-bond donors (Lipinski definition) is 3. The van der Waals surface area contributed by atoms with Gasteiger partial charge in [0.2, 0.25) is 5.91 Å². The standard InChI is InChI=1S/C33H37N3O6/c1-22(41-2)29(30(37)38)34-31(39)33(16-18-36(19-17-33)20-23-10-4-3-5-11-23)35-32(40)42-21-28-26-14-8-6-12-24(26)25-13-7-9-15-27(25)28/h3-15,22,28-29H,16-21H2,1-2H3,(H,34,39)(H,35,40)(H,37,38). The number of amides is 2. The average molecular weight is 572 g/mol. The number of carboxylic acid groups (broad SMARTS) is 1. The number of carboxylic acids is 1. The summed E-state index contributed by atoms with van der Waals surface area (Å²) < 4.78 is 11.0. The highest BCUT2D eigenvalue weighted by atomic mass is 16.5. The van der Waals surface area contributed by atoms with E-state index in [2.05, 4.69) is 27.7 Å². The van der Waals surface area contributed by atoms with Crippen LogP contribution in [0, 0.1) is 0 Å². The van der Waals surface area contributed by atoms with Gasteiger partial charge in [-0.1, -0.05) is 78.9 Å². The molecule has 9 heteroatoms. The van der Waals surface area contributed by atoms with Crippen molar-refractivity contribution in [3.63, 3.8) is 0 Å². The summed E-state index contributed by atoms with van der Waals surface area (Å²) in [5.41, 5.74) is 4.24. The Hall–Kier alpha value is -4.21. The van der Waals surface area contributed by atoms with Gasteiger partial charge in [0.1, 0.15) is 12.1 Å². The average Bonchev–Trinajstić information content (AvgIpc) is 3.33. The first kappa shape index (κ1) is 29.3. The molecule has 5 rings (SSSR count). The molecule has 1 aliphatic heterocycles. The number of nitrogens with zero attached hydrogens (tertiary/aromatic N) is 1. The summed E-state index contributed by atoms with van der Waals surface area (Å²) in [6, 6.07) is 24.9. The molecule has 1 fully saturated rings. The van der Waals surface area contributed by atoms with Gasteiger partial charge in [0, 0.05) is 32.7 Å². The van der Waals surface area contributed by atoms with Gasteiger partial charge in [-0.2, -0.15) is 0 Å². The first-order valence-electron chi connectivity index (χ1n) is 14.3. The summed E-state index contributed by atoms with van der Waals surface area (Å²) in [4.78, 5) is 41.2. The molecule has 2 aliphatic rings. The first-order valence-corrected chi connectivity index (χ1v) is 14.3. The van der Waals surface area contributed by atoms with E-state index >= 15 is 0 Å². The van der Waals surface area contributed by atoms with Crippen molar-refractivity contribution in [2.75, 3.05) is 26.8 Å². The molecule has 0 radical (unpaired) electrons. The maximum Gasteiger partial charge on any atom is 0.408 e. The smallest absolute Gasteiger partial charge is 0.408 e. The van der Waals surface area contributed by atoms with E-state index in [4.69, 9.17) is 9.47 Å². The fraction of sp³-hybridized carbons (Fsp3) is 0.364. The molecule has 3 aromatic carbocycles. The minimum atomic E-state index is -1.34. The van der Waals surface area contributed by atoms with Crippen molar-refractivity contribution in [2.24, 2.45) is 0 Å². The molecule has 2 amide bonds. The largest absolute Gasteiger partial charge is 0.480 e. The number of alkyl carbamates (subject to hydrolysis) is 1. The Morgan fingerprint density at radius 1 is 0.929 bits per heavy atom. The van der Waals surface area contributed by atoms with Crippen LogP contribution in [0.3, 0.4) is 0 Å². The molecule has 42 heavy (non-hydrogen) atoms. The number of likely N-dealkylation sites (tertiary alicyclic amines) is 1. The highest BCUT2D eigenvalue weighted by Crippen LogP contribution is 2.44. The number of methoxy groups -OCH3 is 1. The molecule has 0 bridgehead atoms. The quantitative estimate of drug-likeness (QED) is 0.335. The molecule has 2 unspecified atom stereocenters. The van der Waals surface area contributed by atoms with Gasteiger partial charge in [0.25, 0.3) is 0 Å². The van der Waals surface area contributed by atoms with Crippen LogP contribution in [0.15, 0.2) is 78.9 Å². The van der Waals surface area contributed by atoms with Crippen LogP contribution < -0.4 is 10.6 Å². The lowest BCUT2D eigenvalue weighted by atomic mass is 9.85. The highest BCUT2D eigenvalue weighted by Gasteiger charge is 2.45. The van der Waals surface area contributed by atoms with Crippen molar-refractivity contribution in [3.05, 3.63) is 95.6 Å².